The van der Waals surface area contributed by atoms with E-state index < -0.39 is 5.97 Å². The number of carboxylic acid groups (broad SMARTS) is 1. The lowest BCUT2D eigenvalue weighted by Crippen LogP contribution is -2.43. The monoisotopic (exact) mass is 274 g/mol. The number of amides is 2. The lowest BCUT2D eigenvalue weighted by Gasteiger charge is -2.24. The van der Waals surface area contributed by atoms with Crippen LogP contribution in [0.25, 0.3) is 0 Å². The summed E-state index contributed by atoms with van der Waals surface area (Å²) in [5.74, 6) is -0.785. The van der Waals surface area contributed by atoms with Crippen molar-refractivity contribution in [2.24, 2.45) is 5.41 Å². The molecule has 0 aliphatic rings. The van der Waals surface area contributed by atoms with Crippen molar-refractivity contribution in [2.45, 2.75) is 46.1 Å². The number of hydrogen-bond donors (Lipinski definition) is 3. The fraction of sp³-hybridized carbons (Fsp3) is 0.846. The van der Waals surface area contributed by atoms with Gasteiger partial charge in [0, 0.05) is 20.1 Å². The highest BCUT2D eigenvalue weighted by molar-refractivity contribution is 5.74. The summed E-state index contributed by atoms with van der Waals surface area (Å²) >= 11 is 0. The predicted octanol–water partition coefficient (Wildman–Crippen LogP) is 1.60. The molecule has 6 nitrogen and oxygen atoms in total. The fourth-order valence-electron chi connectivity index (χ4n) is 1.65. The van der Waals surface area contributed by atoms with Gasteiger partial charge < -0.3 is 20.5 Å². The number of carbonyl (C=O) groups is 2. The van der Waals surface area contributed by atoms with Crippen molar-refractivity contribution in [1.29, 1.82) is 0 Å². The molecule has 3 N–H and O–H groups in total. The second-order valence-electron chi connectivity index (χ2n) is 5.56. The fourth-order valence-corrected chi connectivity index (χ4v) is 1.65. The zero-order valence-electron chi connectivity index (χ0n) is 12.3. The lowest BCUT2D eigenvalue weighted by molar-refractivity contribution is -0.137. The van der Waals surface area contributed by atoms with Gasteiger partial charge in [0.05, 0.1) is 12.6 Å². The molecule has 2 amide bonds. The van der Waals surface area contributed by atoms with E-state index in [0.717, 1.165) is 6.42 Å². The summed E-state index contributed by atoms with van der Waals surface area (Å²) in [6.07, 6.45) is 1.50. The Kier molecular flexibility index (Phi) is 8.14. The van der Waals surface area contributed by atoms with Gasteiger partial charge in [0.25, 0.3) is 0 Å². The van der Waals surface area contributed by atoms with Crippen LogP contribution in [-0.4, -0.2) is 43.4 Å². The predicted molar refractivity (Wildman–Crippen MR) is 73.1 cm³/mol. The summed E-state index contributed by atoms with van der Waals surface area (Å²) in [7, 11) is 1.58. The normalized spacial score (nSPS) is 12.8. The number of carbonyl (C=O) groups excluding carboxylic acids is 1. The number of rotatable bonds is 9. The van der Waals surface area contributed by atoms with E-state index in [4.69, 9.17) is 9.84 Å². The van der Waals surface area contributed by atoms with Crippen LogP contribution in [-0.2, 0) is 9.53 Å². The molecular weight excluding hydrogens is 248 g/mol. The number of ether oxygens (including phenoxy) is 1. The summed E-state index contributed by atoms with van der Waals surface area (Å²) < 4.78 is 4.92. The Morgan fingerprint density at radius 2 is 1.95 bits per heavy atom. The summed E-state index contributed by atoms with van der Waals surface area (Å²) in [6.45, 7) is 6.86. The van der Waals surface area contributed by atoms with Crippen LogP contribution in [0.3, 0.4) is 0 Å². The van der Waals surface area contributed by atoms with E-state index in [1.807, 2.05) is 20.8 Å². The third-order valence-electron chi connectivity index (χ3n) is 2.90. The van der Waals surface area contributed by atoms with Gasteiger partial charge in [-0.05, 0) is 25.2 Å². The Bertz CT molecular complexity index is 292. The van der Waals surface area contributed by atoms with Crippen LogP contribution < -0.4 is 10.6 Å². The number of methoxy groups -OCH3 is 1. The van der Waals surface area contributed by atoms with Crippen LogP contribution in [0.2, 0.25) is 0 Å². The molecule has 0 aromatic rings. The quantitative estimate of drug-likeness (QED) is 0.596. The molecule has 19 heavy (non-hydrogen) atoms. The number of urea groups is 1. The van der Waals surface area contributed by atoms with Crippen LogP contribution in [0.4, 0.5) is 4.79 Å². The average Bonchev–Trinajstić information content (AvgIpc) is 2.26. The molecule has 0 radical (unpaired) electrons. The van der Waals surface area contributed by atoms with Gasteiger partial charge in [-0.3, -0.25) is 4.79 Å². The molecule has 112 valence electrons. The maximum Gasteiger partial charge on any atom is 0.315 e. The molecule has 0 spiro atoms. The molecule has 0 aromatic heterocycles. The first-order valence-electron chi connectivity index (χ1n) is 6.52. The molecule has 1 atom stereocenters. The Morgan fingerprint density at radius 3 is 2.47 bits per heavy atom. The standard InChI is InChI=1S/C13H26N2O4/c1-10(9-19-4)15-12(18)14-8-7-13(2,3)6-5-11(16)17/h10H,5-9H2,1-4H3,(H,16,17)(H2,14,15,18). The van der Waals surface area contributed by atoms with Crippen molar-refractivity contribution in [1.82, 2.24) is 10.6 Å². The van der Waals surface area contributed by atoms with Crippen molar-refractivity contribution < 1.29 is 19.4 Å². The maximum absolute atomic E-state index is 11.5. The van der Waals surface area contributed by atoms with E-state index in [2.05, 4.69) is 10.6 Å². The largest absolute Gasteiger partial charge is 0.481 e. The highest BCUT2D eigenvalue weighted by atomic mass is 16.5. The van der Waals surface area contributed by atoms with Gasteiger partial charge in [0.1, 0.15) is 0 Å². The van der Waals surface area contributed by atoms with Crippen molar-refractivity contribution in [3.05, 3.63) is 0 Å². The second kappa shape index (κ2) is 8.74. The minimum Gasteiger partial charge on any atom is -0.481 e. The van der Waals surface area contributed by atoms with Crippen LogP contribution >= 0.6 is 0 Å². The van der Waals surface area contributed by atoms with Gasteiger partial charge in [-0.1, -0.05) is 13.8 Å². The van der Waals surface area contributed by atoms with Gasteiger partial charge in [0.15, 0.2) is 0 Å². The molecule has 0 fully saturated rings. The van der Waals surface area contributed by atoms with E-state index in [1.165, 1.54) is 0 Å². The molecule has 0 aromatic carbocycles. The molecule has 6 heteroatoms. The van der Waals surface area contributed by atoms with Crippen LogP contribution in [0.15, 0.2) is 0 Å². The first kappa shape index (κ1) is 17.7. The summed E-state index contributed by atoms with van der Waals surface area (Å²) in [4.78, 5) is 22.0. The molecule has 0 rings (SSSR count). The highest BCUT2D eigenvalue weighted by Gasteiger charge is 2.19. The summed E-state index contributed by atoms with van der Waals surface area (Å²) in [5, 5.41) is 14.2. The van der Waals surface area contributed by atoms with Crippen molar-refractivity contribution in [3.8, 4) is 0 Å². The molecule has 1 unspecified atom stereocenters. The van der Waals surface area contributed by atoms with E-state index >= 15 is 0 Å². The van der Waals surface area contributed by atoms with Crippen LogP contribution in [0.1, 0.15) is 40.0 Å². The second-order valence-corrected chi connectivity index (χ2v) is 5.56. The SMILES string of the molecule is COCC(C)NC(=O)NCCC(C)(C)CCC(=O)O. The van der Waals surface area contributed by atoms with E-state index in [0.29, 0.717) is 19.6 Å². The van der Waals surface area contributed by atoms with Gasteiger partial charge in [-0.15, -0.1) is 0 Å². The third-order valence-corrected chi connectivity index (χ3v) is 2.90. The minimum absolute atomic E-state index is 0.0370. The number of nitrogens with one attached hydrogen (secondary N) is 2. The van der Waals surface area contributed by atoms with E-state index in [9.17, 15) is 9.59 Å². The van der Waals surface area contributed by atoms with Crippen LogP contribution in [0, 0.1) is 5.41 Å². The van der Waals surface area contributed by atoms with Crippen molar-refractivity contribution >= 4 is 12.0 Å². The Labute approximate surface area is 114 Å². The van der Waals surface area contributed by atoms with E-state index in [-0.39, 0.29) is 23.9 Å². The van der Waals surface area contributed by atoms with Crippen molar-refractivity contribution in [3.63, 3.8) is 0 Å². The minimum atomic E-state index is -0.785. The molecule has 0 saturated heterocycles. The smallest absolute Gasteiger partial charge is 0.315 e. The van der Waals surface area contributed by atoms with E-state index in [1.54, 1.807) is 7.11 Å². The average molecular weight is 274 g/mol. The molecule has 0 saturated carbocycles. The number of hydrogen-bond acceptors (Lipinski definition) is 3. The maximum atomic E-state index is 11.5. The first-order valence-corrected chi connectivity index (χ1v) is 6.52. The Morgan fingerprint density at radius 1 is 1.32 bits per heavy atom. The molecule has 0 heterocycles. The van der Waals surface area contributed by atoms with Gasteiger partial charge in [-0.25, -0.2) is 4.79 Å². The zero-order chi connectivity index (χ0) is 14.9. The summed E-state index contributed by atoms with van der Waals surface area (Å²) in [6, 6.07) is -0.261. The van der Waals surface area contributed by atoms with Crippen molar-refractivity contribution in [2.75, 3.05) is 20.3 Å². The van der Waals surface area contributed by atoms with Gasteiger partial charge in [-0.2, -0.15) is 0 Å². The highest BCUT2D eigenvalue weighted by Crippen LogP contribution is 2.25. The number of aliphatic carboxylic acids is 1. The van der Waals surface area contributed by atoms with Crippen LogP contribution in [0.5, 0.6) is 0 Å². The van der Waals surface area contributed by atoms with Gasteiger partial charge >= 0.3 is 12.0 Å². The Balaban J connectivity index is 3.82. The third kappa shape index (κ3) is 10.3. The first-order chi connectivity index (χ1) is 8.76. The zero-order valence-corrected chi connectivity index (χ0v) is 12.3. The lowest BCUT2D eigenvalue weighted by atomic mass is 9.84. The Hall–Kier alpha value is -1.30. The molecular formula is C13H26N2O4. The molecule has 0 bridgehead atoms. The topological polar surface area (TPSA) is 87.7 Å². The molecule has 0 aliphatic carbocycles. The molecule has 0 aliphatic heterocycles. The summed E-state index contributed by atoms with van der Waals surface area (Å²) in [5.41, 5.74) is -0.0934. The number of carboxylic acids is 1. The van der Waals surface area contributed by atoms with Gasteiger partial charge in [0.2, 0.25) is 0 Å².